The van der Waals surface area contributed by atoms with Crippen LogP contribution in [0.1, 0.15) is 13.3 Å². The van der Waals surface area contributed by atoms with E-state index in [0.29, 0.717) is 32.3 Å². The zero-order valence-corrected chi connectivity index (χ0v) is 11.8. The Kier molecular flexibility index (Phi) is 7.77. The van der Waals surface area contributed by atoms with E-state index in [1.54, 1.807) is 14.2 Å². The Labute approximate surface area is 110 Å². The molecule has 0 radical (unpaired) electrons. The smallest absolute Gasteiger partial charge is 0.0900 e. The minimum atomic E-state index is -0.437. The molecule has 0 aromatic heterocycles. The van der Waals surface area contributed by atoms with Gasteiger partial charge in [-0.2, -0.15) is 0 Å². The molecular weight excluding hydrogens is 234 g/mol. The van der Waals surface area contributed by atoms with Gasteiger partial charge in [-0.25, -0.2) is 0 Å². The van der Waals surface area contributed by atoms with E-state index in [4.69, 9.17) is 14.2 Å². The Morgan fingerprint density at radius 2 is 2.11 bits per heavy atom. The highest BCUT2D eigenvalue weighted by atomic mass is 16.5. The van der Waals surface area contributed by atoms with E-state index >= 15 is 0 Å². The molecule has 0 saturated carbocycles. The first-order valence-corrected chi connectivity index (χ1v) is 6.67. The molecule has 5 heteroatoms. The second kappa shape index (κ2) is 8.82. The highest BCUT2D eigenvalue weighted by Gasteiger charge is 2.26. The SMILES string of the molecule is COCCOCC(O)CN1CCC(C)C(OC)C1. The molecule has 5 nitrogen and oxygen atoms in total. The van der Waals surface area contributed by atoms with Crippen molar-refractivity contribution in [3.63, 3.8) is 0 Å². The van der Waals surface area contributed by atoms with Gasteiger partial charge in [0.15, 0.2) is 0 Å². The van der Waals surface area contributed by atoms with Gasteiger partial charge in [0.2, 0.25) is 0 Å². The summed E-state index contributed by atoms with van der Waals surface area (Å²) in [5.74, 6) is 0.598. The fourth-order valence-corrected chi connectivity index (χ4v) is 2.28. The lowest BCUT2D eigenvalue weighted by molar-refractivity contribution is -0.0361. The third-order valence-corrected chi connectivity index (χ3v) is 3.49. The predicted octanol–water partition coefficient (Wildman–Crippen LogP) is 0.367. The molecule has 1 saturated heterocycles. The molecule has 3 atom stereocenters. The maximum Gasteiger partial charge on any atom is 0.0900 e. The van der Waals surface area contributed by atoms with Crippen molar-refractivity contribution in [2.24, 2.45) is 5.92 Å². The summed E-state index contributed by atoms with van der Waals surface area (Å²) in [6, 6.07) is 0. The van der Waals surface area contributed by atoms with Crippen molar-refractivity contribution < 1.29 is 19.3 Å². The predicted molar refractivity (Wildman–Crippen MR) is 69.7 cm³/mol. The van der Waals surface area contributed by atoms with E-state index in [-0.39, 0.29) is 6.10 Å². The molecule has 1 fully saturated rings. The van der Waals surface area contributed by atoms with Crippen molar-refractivity contribution in [1.82, 2.24) is 4.90 Å². The monoisotopic (exact) mass is 261 g/mol. The minimum absolute atomic E-state index is 0.278. The Balaban J connectivity index is 2.17. The molecule has 0 bridgehead atoms. The standard InChI is InChI=1S/C13H27NO4/c1-11-4-5-14(9-13(11)17-3)8-12(15)10-18-7-6-16-2/h11-13,15H,4-10H2,1-3H3. The van der Waals surface area contributed by atoms with Gasteiger partial charge in [0.1, 0.15) is 0 Å². The highest BCUT2D eigenvalue weighted by molar-refractivity contribution is 4.79. The lowest BCUT2D eigenvalue weighted by atomic mass is 9.95. The van der Waals surface area contributed by atoms with Crippen molar-refractivity contribution in [3.8, 4) is 0 Å². The molecule has 0 aromatic carbocycles. The van der Waals surface area contributed by atoms with E-state index in [1.807, 2.05) is 0 Å². The zero-order valence-electron chi connectivity index (χ0n) is 11.8. The third-order valence-electron chi connectivity index (χ3n) is 3.49. The average Bonchev–Trinajstić information content (AvgIpc) is 2.37. The quantitative estimate of drug-likeness (QED) is 0.640. The molecule has 1 N–H and O–H groups in total. The fraction of sp³-hybridized carbons (Fsp3) is 1.00. The van der Waals surface area contributed by atoms with E-state index < -0.39 is 6.10 Å². The summed E-state index contributed by atoms with van der Waals surface area (Å²) in [4.78, 5) is 2.25. The lowest BCUT2D eigenvalue weighted by Gasteiger charge is -2.37. The Morgan fingerprint density at radius 3 is 2.78 bits per heavy atom. The number of rotatable bonds is 8. The van der Waals surface area contributed by atoms with Crippen molar-refractivity contribution in [2.75, 3.05) is 53.7 Å². The number of piperidine rings is 1. The van der Waals surface area contributed by atoms with Crippen LogP contribution in [0.4, 0.5) is 0 Å². The number of β-amino-alcohol motifs (C(OH)–C–C–N with tert-alkyl or cyclic N) is 1. The largest absolute Gasteiger partial charge is 0.389 e. The number of aliphatic hydroxyl groups is 1. The normalized spacial score (nSPS) is 27.3. The molecule has 0 amide bonds. The van der Waals surface area contributed by atoms with Gasteiger partial charge in [0, 0.05) is 27.3 Å². The highest BCUT2D eigenvalue weighted by Crippen LogP contribution is 2.19. The third kappa shape index (κ3) is 5.63. The first-order chi connectivity index (χ1) is 8.67. The van der Waals surface area contributed by atoms with Crippen LogP contribution in [0.5, 0.6) is 0 Å². The molecule has 1 rings (SSSR count). The number of methoxy groups -OCH3 is 2. The van der Waals surface area contributed by atoms with Gasteiger partial charge in [0.25, 0.3) is 0 Å². The summed E-state index contributed by atoms with van der Waals surface area (Å²) in [5, 5.41) is 9.88. The van der Waals surface area contributed by atoms with Gasteiger partial charge in [-0.05, 0) is 18.9 Å². The number of hydrogen-bond acceptors (Lipinski definition) is 5. The summed E-state index contributed by atoms with van der Waals surface area (Å²) in [5.41, 5.74) is 0. The number of aliphatic hydroxyl groups excluding tert-OH is 1. The van der Waals surface area contributed by atoms with Gasteiger partial charge in [-0.15, -0.1) is 0 Å². The van der Waals surface area contributed by atoms with Gasteiger partial charge < -0.3 is 19.3 Å². The molecule has 1 heterocycles. The minimum Gasteiger partial charge on any atom is -0.389 e. The van der Waals surface area contributed by atoms with E-state index in [9.17, 15) is 5.11 Å². The Bertz CT molecular complexity index is 215. The van der Waals surface area contributed by atoms with Crippen LogP contribution in [0.2, 0.25) is 0 Å². The van der Waals surface area contributed by atoms with Crippen LogP contribution in [-0.4, -0.2) is 75.9 Å². The van der Waals surface area contributed by atoms with Gasteiger partial charge in [-0.1, -0.05) is 6.92 Å². The maximum atomic E-state index is 9.88. The molecule has 1 aliphatic heterocycles. The zero-order chi connectivity index (χ0) is 13.4. The fourth-order valence-electron chi connectivity index (χ4n) is 2.28. The number of nitrogens with zero attached hydrogens (tertiary/aromatic N) is 1. The molecule has 0 aromatic rings. The van der Waals surface area contributed by atoms with E-state index in [2.05, 4.69) is 11.8 Å². The first-order valence-electron chi connectivity index (χ1n) is 6.67. The van der Waals surface area contributed by atoms with Crippen LogP contribution in [0.3, 0.4) is 0 Å². The van der Waals surface area contributed by atoms with Gasteiger partial charge in [-0.3, -0.25) is 4.90 Å². The summed E-state index contributed by atoms with van der Waals surface area (Å²) in [6.07, 6.45) is 0.962. The summed E-state index contributed by atoms with van der Waals surface area (Å²) in [7, 11) is 3.40. The number of likely N-dealkylation sites (tertiary alicyclic amines) is 1. The molecule has 1 aliphatic rings. The van der Waals surface area contributed by atoms with Gasteiger partial charge >= 0.3 is 0 Å². The number of ether oxygens (including phenoxy) is 3. The van der Waals surface area contributed by atoms with Crippen LogP contribution in [-0.2, 0) is 14.2 Å². The van der Waals surface area contributed by atoms with E-state index in [1.165, 1.54) is 0 Å². The van der Waals surface area contributed by atoms with Crippen molar-refractivity contribution in [2.45, 2.75) is 25.6 Å². The van der Waals surface area contributed by atoms with Crippen molar-refractivity contribution >= 4 is 0 Å². The molecule has 3 unspecified atom stereocenters. The topological polar surface area (TPSA) is 51.2 Å². The second-order valence-corrected chi connectivity index (χ2v) is 5.02. The molecule has 0 aliphatic carbocycles. The summed E-state index contributed by atoms with van der Waals surface area (Å²) < 4.78 is 15.7. The van der Waals surface area contributed by atoms with Crippen LogP contribution in [0, 0.1) is 5.92 Å². The Hall–Kier alpha value is -0.200. The van der Waals surface area contributed by atoms with Crippen LogP contribution < -0.4 is 0 Å². The maximum absolute atomic E-state index is 9.88. The Morgan fingerprint density at radius 1 is 1.33 bits per heavy atom. The van der Waals surface area contributed by atoms with Crippen LogP contribution in [0.15, 0.2) is 0 Å². The second-order valence-electron chi connectivity index (χ2n) is 5.02. The number of hydrogen-bond donors (Lipinski definition) is 1. The van der Waals surface area contributed by atoms with Crippen LogP contribution in [0.25, 0.3) is 0 Å². The molecular formula is C13H27NO4. The summed E-state index contributed by atoms with van der Waals surface area (Å²) in [6.45, 7) is 6.26. The lowest BCUT2D eigenvalue weighted by Crippen LogP contribution is -2.47. The van der Waals surface area contributed by atoms with E-state index in [0.717, 1.165) is 19.5 Å². The summed E-state index contributed by atoms with van der Waals surface area (Å²) >= 11 is 0. The van der Waals surface area contributed by atoms with Crippen LogP contribution >= 0.6 is 0 Å². The first kappa shape index (κ1) is 15.9. The average molecular weight is 261 g/mol. The van der Waals surface area contributed by atoms with Crippen molar-refractivity contribution in [3.05, 3.63) is 0 Å². The molecule has 108 valence electrons. The molecule has 18 heavy (non-hydrogen) atoms. The van der Waals surface area contributed by atoms with Gasteiger partial charge in [0.05, 0.1) is 32.0 Å². The molecule has 0 spiro atoms. The van der Waals surface area contributed by atoms with Crippen molar-refractivity contribution in [1.29, 1.82) is 0 Å².